The lowest BCUT2D eigenvalue weighted by atomic mass is 9.98. The molecule has 1 heterocycles. The fourth-order valence-corrected chi connectivity index (χ4v) is 3.24. The number of carbonyl (C=O) groups excluding carboxylic acids is 3. The Kier molecular flexibility index (Phi) is 5.97. The maximum absolute atomic E-state index is 11.8. The Morgan fingerprint density at radius 1 is 1.42 bits per heavy atom. The van der Waals surface area contributed by atoms with E-state index in [0.717, 1.165) is 24.2 Å². The molecule has 0 aliphatic heterocycles. The average molecular weight is 369 g/mol. The normalized spacial score (nSPS) is 15.9. The van der Waals surface area contributed by atoms with Crippen LogP contribution in [0.4, 0.5) is 0 Å². The van der Waals surface area contributed by atoms with Crippen LogP contribution < -0.4 is 5.32 Å². The Morgan fingerprint density at radius 3 is 2.67 bits per heavy atom. The molecule has 1 amide bonds. The summed E-state index contributed by atoms with van der Waals surface area (Å²) in [6.45, 7) is 1.21. The highest BCUT2D eigenvalue weighted by Gasteiger charge is 2.43. The first kappa shape index (κ1) is 18.4. The van der Waals surface area contributed by atoms with E-state index in [4.69, 9.17) is 21.6 Å². The van der Waals surface area contributed by atoms with Gasteiger partial charge in [0.2, 0.25) is 0 Å². The van der Waals surface area contributed by atoms with Crippen molar-refractivity contribution in [2.24, 2.45) is 5.92 Å². The number of nitriles is 1. The number of nitrogens with one attached hydrogen (secondary N) is 1. The number of thiophene rings is 1. The Morgan fingerprint density at radius 2 is 2.12 bits per heavy atom. The van der Waals surface area contributed by atoms with Gasteiger partial charge in [-0.3, -0.25) is 14.4 Å². The van der Waals surface area contributed by atoms with E-state index in [9.17, 15) is 14.4 Å². The molecule has 1 aliphatic rings. The van der Waals surface area contributed by atoms with E-state index in [1.54, 1.807) is 19.1 Å². The molecule has 1 fully saturated rings. The van der Waals surface area contributed by atoms with Crippen LogP contribution in [-0.2, 0) is 14.3 Å². The quantitative estimate of drug-likeness (QED) is 0.562. The van der Waals surface area contributed by atoms with Crippen molar-refractivity contribution in [1.82, 2.24) is 5.32 Å². The fourth-order valence-electron chi connectivity index (χ4n) is 2.23. The van der Waals surface area contributed by atoms with Gasteiger partial charge < -0.3 is 10.1 Å². The molecule has 0 radical (unpaired) electrons. The Bertz CT molecular complexity index is 692. The molecule has 1 aliphatic carbocycles. The van der Waals surface area contributed by atoms with Crippen LogP contribution in [0.15, 0.2) is 12.1 Å². The molecular weight excluding hydrogens is 352 g/mol. The molecule has 8 heteroatoms. The van der Waals surface area contributed by atoms with Crippen LogP contribution in [0.1, 0.15) is 42.3 Å². The Labute approximate surface area is 148 Å². The number of halogens is 1. The molecular formula is C16H17ClN2O4S. The van der Waals surface area contributed by atoms with Gasteiger partial charge in [0, 0.05) is 6.42 Å². The molecule has 24 heavy (non-hydrogen) atoms. The highest BCUT2D eigenvalue weighted by molar-refractivity contribution is 7.18. The molecule has 128 valence electrons. The fraction of sp³-hybridized carbons (Fsp3) is 0.500. The first-order chi connectivity index (χ1) is 11.3. The Hall–Kier alpha value is -1.91. The zero-order chi connectivity index (χ0) is 17.7. The van der Waals surface area contributed by atoms with E-state index in [2.05, 4.69) is 11.4 Å². The van der Waals surface area contributed by atoms with Crippen LogP contribution in [-0.4, -0.2) is 29.8 Å². The third kappa shape index (κ3) is 5.05. The number of esters is 1. The van der Waals surface area contributed by atoms with Gasteiger partial charge in [-0.1, -0.05) is 11.6 Å². The second-order valence-corrected chi connectivity index (χ2v) is 7.54. The summed E-state index contributed by atoms with van der Waals surface area (Å²) < 4.78 is 5.36. The van der Waals surface area contributed by atoms with Gasteiger partial charge in [0.25, 0.3) is 5.91 Å². The first-order valence-electron chi connectivity index (χ1n) is 7.50. The lowest BCUT2D eigenvalue weighted by molar-refractivity contribution is -0.148. The summed E-state index contributed by atoms with van der Waals surface area (Å²) in [6, 6.07) is 5.32. The molecule has 1 N–H and O–H groups in total. The number of ether oxygens (including phenoxy) is 1. The van der Waals surface area contributed by atoms with Crippen molar-refractivity contribution in [3.8, 4) is 6.07 Å². The highest BCUT2D eigenvalue weighted by atomic mass is 35.5. The van der Waals surface area contributed by atoms with E-state index in [1.807, 2.05) is 0 Å². The molecule has 0 aromatic carbocycles. The van der Waals surface area contributed by atoms with Gasteiger partial charge >= 0.3 is 5.97 Å². The second-order valence-electron chi connectivity index (χ2n) is 5.82. The number of carbonyl (C=O) groups is 3. The monoisotopic (exact) mass is 368 g/mol. The molecule has 2 rings (SSSR count). The van der Waals surface area contributed by atoms with Crippen LogP contribution in [0.3, 0.4) is 0 Å². The smallest absolute Gasteiger partial charge is 0.306 e. The van der Waals surface area contributed by atoms with Crippen molar-refractivity contribution >= 4 is 40.6 Å². The largest absolute Gasteiger partial charge is 0.456 e. The molecule has 1 atom stereocenters. The number of nitrogens with zero attached hydrogens (tertiary/aromatic N) is 1. The van der Waals surface area contributed by atoms with Crippen molar-refractivity contribution in [1.29, 1.82) is 5.26 Å². The van der Waals surface area contributed by atoms with E-state index >= 15 is 0 Å². The van der Waals surface area contributed by atoms with Crippen LogP contribution in [0.5, 0.6) is 0 Å². The molecule has 1 aromatic heterocycles. The lowest BCUT2D eigenvalue weighted by Gasteiger charge is -2.22. The molecule has 0 bridgehead atoms. The zero-order valence-corrected chi connectivity index (χ0v) is 14.7. The van der Waals surface area contributed by atoms with Crippen molar-refractivity contribution in [3.63, 3.8) is 0 Å². The van der Waals surface area contributed by atoms with E-state index in [0.29, 0.717) is 9.21 Å². The first-order valence-corrected chi connectivity index (χ1v) is 8.70. The van der Waals surface area contributed by atoms with Gasteiger partial charge in [-0.25, -0.2) is 0 Å². The molecule has 0 spiro atoms. The number of ketones is 1. The second kappa shape index (κ2) is 7.77. The van der Waals surface area contributed by atoms with E-state index < -0.39 is 24.0 Å². The van der Waals surface area contributed by atoms with E-state index in [1.165, 1.54) is 0 Å². The van der Waals surface area contributed by atoms with E-state index in [-0.39, 0.29) is 24.5 Å². The average Bonchev–Trinajstić information content (AvgIpc) is 3.33. The van der Waals surface area contributed by atoms with Gasteiger partial charge in [0.15, 0.2) is 12.4 Å². The minimum Gasteiger partial charge on any atom is -0.456 e. The maximum Gasteiger partial charge on any atom is 0.306 e. The molecule has 0 unspecified atom stereocenters. The van der Waals surface area contributed by atoms with Crippen LogP contribution >= 0.6 is 22.9 Å². The molecule has 0 saturated heterocycles. The third-order valence-electron chi connectivity index (χ3n) is 3.79. The summed E-state index contributed by atoms with van der Waals surface area (Å²) in [5.41, 5.74) is -0.919. The molecule has 1 aromatic rings. The van der Waals surface area contributed by atoms with Crippen molar-refractivity contribution in [2.45, 2.75) is 38.1 Å². The number of Topliss-reactive ketones (excluding diaryl/α,β-unsaturated/α-hetero) is 1. The standard InChI is InChI=1S/C16H17ClN2O4S/c1-16(9-18,10-2-3-10)19-14(21)8-23-15(22)7-4-11(20)12-5-6-13(17)24-12/h5-6,10H,2-4,7-8H2,1H3,(H,19,21)/t16-/m1/s1. The van der Waals surface area contributed by atoms with Crippen LogP contribution in [0, 0.1) is 17.2 Å². The topological polar surface area (TPSA) is 96.3 Å². The third-order valence-corrected chi connectivity index (χ3v) is 5.07. The summed E-state index contributed by atoms with van der Waals surface area (Å²) in [7, 11) is 0. The predicted octanol–water partition coefficient (Wildman–Crippen LogP) is 2.72. The van der Waals surface area contributed by atoms with Gasteiger partial charge in [-0.05, 0) is 37.8 Å². The summed E-state index contributed by atoms with van der Waals surface area (Å²) >= 11 is 6.90. The SMILES string of the molecule is C[C@](C#N)(NC(=O)COC(=O)CCC(=O)c1ccc(Cl)s1)C1CC1. The van der Waals surface area contributed by atoms with Gasteiger partial charge in [-0.15, -0.1) is 11.3 Å². The minimum atomic E-state index is -0.919. The summed E-state index contributed by atoms with van der Waals surface area (Å²) in [6.07, 6.45) is 1.69. The van der Waals surface area contributed by atoms with Gasteiger partial charge in [-0.2, -0.15) is 5.26 Å². The predicted molar refractivity (Wildman–Crippen MR) is 88.7 cm³/mol. The highest BCUT2D eigenvalue weighted by Crippen LogP contribution is 2.39. The summed E-state index contributed by atoms with van der Waals surface area (Å²) in [4.78, 5) is 35.7. The molecule has 6 nitrogen and oxygen atoms in total. The maximum atomic E-state index is 11.8. The van der Waals surface area contributed by atoms with Gasteiger partial charge in [0.05, 0.1) is 21.7 Å². The van der Waals surface area contributed by atoms with Crippen molar-refractivity contribution in [2.75, 3.05) is 6.61 Å². The van der Waals surface area contributed by atoms with Crippen molar-refractivity contribution in [3.05, 3.63) is 21.3 Å². The van der Waals surface area contributed by atoms with Crippen molar-refractivity contribution < 1.29 is 19.1 Å². The molecule has 1 saturated carbocycles. The number of hydrogen-bond acceptors (Lipinski definition) is 6. The number of amides is 1. The van der Waals surface area contributed by atoms with Crippen LogP contribution in [0.25, 0.3) is 0 Å². The number of rotatable bonds is 8. The minimum absolute atomic E-state index is 0.00468. The Balaban J connectivity index is 1.70. The van der Waals surface area contributed by atoms with Gasteiger partial charge in [0.1, 0.15) is 5.54 Å². The number of hydrogen-bond donors (Lipinski definition) is 1. The summed E-state index contributed by atoms with van der Waals surface area (Å²) in [5, 5.41) is 11.8. The zero-order valence-electron chi connectivity index (χ0n) is 13.1. The lowest BCUT2D eigenvalue weighted by Crippen LogP contribution is -2.48. The van der Waals surface area contributed by atoms with Crippen LogP contribution in [0.2, 0.25) is 4.34 Å². The summed E-state index contributed by atoms with van der Waals surface area (Å²) in [5.74, 6) is -1.20.